The van der Waals surface area contributed by atoms with Gasteiger partial charge in [0.2, 0.25) is 0 Å². The van der Waals surface area contributed by atoms with Crippen LogP contribution in [0.3, 0.4) is 0 Å². The zero-order chi connectivity index (χ0) is 14.0. The number of nitrogens with zero attached hydrogens (tertiary/aromatic N) is 2. The molecule has 0 radical (unpaired) electrons. The van der Waals surface area contributed by atoms with Crippen LogP contribution in [0.15, 0.2) is 12.3 Å². The van der Waals surface area contributed by atoms with Crippen LogP contribution in [0.1, 0.15) is 41.5 Å². The lowest BCUT2D eigenvalue weighted by Gasteiger charge is -2.32. The van der Waals surface area contributed by atoms with Gasteiger partial charge in [0.25, 0.3) is 0 Å². The van der Waals surface area contributed by atoms with E-state index in [1.54, 1.807) is 0 Å². The fraction of sp³-hybridized carbons (Fsp3) is 0.727. The molecule has 1 aliphatic rings. The van der Waals surface area contributed by atoms with Crippen LogP contribution in [0.4, 0.5) is 0 Å². The van der Waals surface area contributed by atoms with Crippen molar-refractivity contribution < 1.29 is 9.31 Å². The van der Waals surface area contributed by atoms with Crippen molar-refractivity contribution >= 4 is 41.1 Å². The van der Waals surface area contributed by atoms with E-state index >= 15 is 0 Å². The molecule has 1 atom stereocenters. The van der Waals surface area contributed by atoms with Gasteiger partial charge in [-0.1, -0.05) is 13.8 Å². The van der Waals surface area contributed by atoms with Crippen LogP contribution in [-0.2, 0) is 9.31 Å². The summed E-state index contributed by atoms with van der Waals surface area (Å²) < 4.78 is 13.7. The van der Waals surface area contributed by atoms with Crippen molar-refractivity contribution in [2.75, 3.05) is 0 Å². The third-order valence-corrected chi connectivity index (χ3v) is 5.10. The average Bonchev–Trinajstić information content (AvgIpc) is 2.85. The summed E-state index contributed by atoms with van der Waals surface area (Å²) in [5.74, 6) is 0. The minimum Gasteiger partial charge on any atom is -0.398 e. The number of rotatable bonds is 2. The van der Waals surface area contributed by atoms with Crippen molar-refractivity contribution in [2.45, 2.75) is 52.7 Å². The number of aromatic nitrogens is 2. The third kappa shape index (κ3) is 3.27. The second-order valence-electron chi connectivity index (χ2n) is 4.86. The monoisotopic (exact) mass is 382 g/mol. The molecule has 1 aromatic heterocycles. The third-order valence-electron chi connectivity index (χ3n) is 3.19. The van der Waals surface area contributed by atoms with Crippen LogP contribution < -0.4 is 5.59 Å². The second kappa shape index (κ2) is 6.20. The zero-order valence-corrected chi connectivity index (χ0v) is 15.0. The lowest BCUT2D eigenvalue weighted by molar-refractivity contribution is 0.00578. The van der Waals surface area contributed by atoms with E-state index in [1.165, 1.54) is 0 Å². The molecule has 1 aromatic rings. The van der Waals surface area contributed by atoms with E-state index < -0.39 is 0 Å². The Morgan fingerprint density at radius 2 is 1.72 bits per heavy atom. The first-order valence-electron chi connectivity index (χ1n) is 6.13. The summed E-state index contributed by atoms with van der Waals surface area (Å²) in [5.41, 5.74) is 0.255. The predicted molar refractivity (Wildman–Crippen MR) is 87.0 cm³/mol. The topological polar surface area (TPSA) is 36.3 Å². The van der Waals surface area contributed by atoms with E-state index in [0.717, 1.165) is 5.59 Å². The van der Waals surface area contributed by atoms with Crippen molar-refractivity contribution in [2.24, 2.45) is 0 Å². The Bertz CT molecular complexity index is 382. The van der Waals surface area contributed by atoms with E-state index in [4.69, 9.17) is 9.31 Å². The molecule has 0 amide bonds. The van der Waals surface area contributed by atoms with Gasteiger partial charge in [-0.2, -0.15) is 5.10 Å². The summed E-state index contributed by atoms with van der Waals surface area (Å²) in [5, 5.41) is 4.41. The lowest BCUT2D eigenvalue weighted by Crippen LogP contribution is -2.41. The van der Waals surface area contributed by atoms with E-state index in [2.05, 4.69) is 27.1 Å². The zero-order valence-electron chi connectivity index (χ0n) is 11.8. The van der Waals surface area contributed by atoms with Crippen LogP contribution in [-0.4, -0.2) is 27.9 Å². The minimum atomic E-state index is -0.348. The maximum Gasteiger partial charge on any atom is 0.516 e. The fourth-order valence-corrected chi connectivity index (χ4v) is 2.56. The molecule has 0 N–H and O–H groups in total. The summed E-state index contributed by atoms with van der Waals surface area (Å²) in [6.45, 7) is 12.2. The van der Waals surface area contributed by atoms with Gasteiger partial charge in [-0.25, -0.2) is 4.45 Å². The largest absolute Gasteiger partial charge is 0.516 e. The predicted octanol–water partition coefficient (Wildman–Crippen LogP) is 3.00. The van der Waals surface area contributed by atoms with Crippen molar-refractivity contribution in [3.8, 4) is 0 Å². The summed E-state index contributed by atoms with van der Waals surface area (Å²) in [6, 6.07) is 1.95. The first-order chi connectivity index (χ1) is 8.36. The molecule has 0 saturated carbocycles. The SMILES string of the molecule is CC.CC1(C)OB(c2ccn(PI)n2)OC1(C)C. The van der Waals surface area contributed by atoms with Crippen LogP contribution >= 0.6 is 28.4 Å². The van der Waals surface area contributed by atoms with E-state index in [9.17, 15) is 0 Å². The van der Waals surface area contributed by atoms with E-state index in [-0.39, 0.29) is 18.3 Å². The van der Waals surface area contributed by atoms with Crippen LogP contribution in [0.25, 0.3) is 0 Å². The van der Waals surface area contributed by atoms with Gasteiger partial charge in [0.05, 0.1) is 23.2 Å². The Hall–Kier alpha value is 0.355. The quantitative estimate of drug-likeness (QED) is 0.449. The highest BCUT2D eigenvalue weighted by Gasteiger charge is 2.52. The normalized spacial score (nSPS) is 21.2. The van der Waals surface area contributed by atoms with Crippen molar-refractivity contribution in [1.29, 1.82) is 0 Å². The summed E-state index contributed by atoms with van der Waals surface area (Å²) in [6.07, 6.45) is 2.55. The van der Waals surface area contributed by atoms with E-state index in [1.807, 2.05) is 58.3 Å². The standard InChI is InChI=1S/C9H15BIN2O2P.C2H6/c1-8(2)9(3,4)15-10(14-8)7-5-6-13(12-7)16-11;1-2/h5-6,16H,1-4H3;1-2H3. The minimum absolute atomic E-state index is 0.298. The van der Waals surface area contributed by atoms with Crippen LogP contribution in [0.2, 0.25) is 0 Å². The highest BCUT2D eigenvalue weighted by Crippen LogP contribution is 2.36. The van der Waals surface area contributed by atoms with Crippen molar-refractivity contribution in [3.63, 3.8) is 0 Å². The van der Waals surface area contributed by atoms with Gasteiger partial charge in [-0.15, -0.1) is 0 Å². The van der Waals surface area contributed by atoms with E-state index in [0.29, 0.717) is 6.37 Å². The molecule has 2 rings (SSSR count). The van der Waals surface area contributed by atoms with Crippen LogP contribution in [0.5, 0.6) is 0 Å². The maximum atomic E-state index is 5.91. The molecule has 102 valence electrons. The van der Waals surface area contributed by atoms with Gasteiger partial charge in [0, 0.05) is 6.20 Å². The smallest absolute Gasteiger partial charge is 0.398 e. The average molecular weight is 382 g/mol. The summed E-state index contributed by atoms with van der Waals surface area (Å²) in [4.78, 5) is 0. The molecule has 1 saturated heterocycles. The first kappa shape index (κ1) is 16.4. The molecule has 1 aliphatic heterocycles. The van der Waals surface area contributed by atoms with Gasteiger partial charge in [-0.3, -0.25) is 0 Å². The molecule has 0 aliphatic carbocycles. The molecule has 0 spiro atoms. The van der Waals surface area contributed by atoms with Gasteiger partial charge >= 0.3 is 7.12 Å². The Kier molecular flexibility index (Phi) is 5.66. The molecule has 2 heterocycles. The molecule has 18 heavy (non-hydrogen) atoms. The molecule has 7 heteroatoms. The summed E-state index contributed by atoms with van der Waals surface area (Å²) >= 11 is 2.29. The maximum absolute atomic E-state index is 5.91. The van der Waals surface area contributed by atoms with Gasteiger partial charge < -0.3 is 9.31 Å². The van der Waals surface area contributed by atoms with Gasteiger partial charge in [0.1, 0.15) is 0 Å². The Morgan fingerprint density at radius 3 is 2.11 bits per heavy atom. The van der Waals surface area contributed by atoms with Gasteiger partial charge in [-0.05, 0) is 55.8 Å². The number of halogens is 1. The highest BCUT2D eigenvalue weighted by molar-refractivity contribution is 14.2. The molecular formula is C11H21BIN2O2P. The fourth-order valence-electron chi connectivity index (χ4n) is 1.47. The van der Waals surface area contributed by atoms with Crippen molar-refractivity contribution in [1.82, 2.24) is 9.55 Å². The molecule has 1 fully saturated rings. The lowest BCUT2D eigenvalue weighted by atomic mass is 9.85. The number of hydrogen-bond acceptors (Lipinski definition) is 3. The Balaban J connectivity index is 0.000000771. The molecule has 4 nitrogen and oxygen atoms in total. The molecule has 0 bridgehead atoms. The first-order valence-corrected chi connectivity index (χ1v) is 10.2. The Labute approximate surface area is 125 Å². The Morgan fingerprint density at radius 1 is 1.22 bits per heavy atom. The van der Waals surface area contributed by atoms with Gasteiger partial charge in [0.15, 0.2) is 0 Å². The number of hydrogen-bond donors (Lipinski definition) is 0. The molecule has 0 aromatic carbocycles. The highest BCUT2D eigenvalue weighted by atomic mass is 127. The summed E-state index contributed by atoms with van der Waals surface area (Å²) in [7, 11) is -0.348. The molecule has 1 unspecified atom stereocenters. The van der Waals surface area contributed by atoms with Crippen molar-refractivity contribution in [3.05, 3.63) is 12.3 Å². The van der Waals surface area contributed by atoms with Crippen LogP contribution in [0, 0.1) is 0 Å². The second-order valence-corrected chi connectivity index (χ2v) is 6.93. The molecular weight excluding hydrogens is 361 g/mol.